The number of benzene rings is 1. The summed E-state index contributed by atoms with van der Waals surface area (Å²) >= 11 is 0.00977. The lowest BCUT2D eigenvalue weighted by Crippen LogP contribution is -2.61. The SMILES string of the molecule is CCCC1C2CCC3CC4(CCC3=C2C(c2ccc(CSC(C)(F)C(F)(F)C(C)(F)C(F)(F)F)cc2)CC1(C)CC)CCC(C)(C)CC4. The van der Waals surface area contributed by atoms with E-state index < -0.39 is 22.8 Å². The molecule has 0 radical (unpaired) electrons. The Bertz CT molecular complexity index is 1310. The molecular formula is C40H57F7S. The largest absolute Gasteiger partial charge is 0.428 e. The van der Waals surface area contributed by atoms with Gasteiger partial charge in [-0.1, -0.05) is 82.9 Å². The Hall–Kier alpha value is -1.18. The van der Waals surface area contributed by atoms with Gasteiger partial charge in [0.25, 0.3) is 5.67 Å². The number of hydrogen-bond donors (Lipinski definition) is 0. The molecule has 0 bridgehead atoms. The zero-order valence-corrected chi connectivity index (χ0v) is 30.9. The van der Waals surface area contributed by atoms with Crippen molar-refractivity contribution in [2.45, 2.75) is 166 Å². The summed E-state index contributed by atoms with van der Waals surface area (Å²) in [5, 5.41) is -3.77. The van der Waals surface area contributed by atoms with Gasteiger partial charge < -0.3 is 0 Å². The minimum Gasteiger partial charge on any atom is -0.227 e. The first-order valence-corrected chi connectivity index (χ1v) is 19.4. The molecule has 1 aromatic carbocycles. The highest BCUT2D eigenvalue weighted by Gasteiger charge is 2.75. The smallest absolute Gasteiger partial charge is 0.227 e. The highest BCUT2D eigenvalue weighted by atomic mass is 32.2. The van der Waals surface area contributed by atoms with Crippen molar-refractivity contribution in [3.05, 3.63) is 46.5 Å². The molecule has 0 aromatic heterocycles. The molecule has 8 heteroatoms. The molecule has 5 rings (SSSR count). The molecule has 0 heterocycles. The molecule has 3 fully saturated rings. The molecular weight excluding hydrogens is 645 g/mol. The van der Waals surface area contributed by atoms with Crippen LogP contribution in [-0.4, -0.2) is 22.8 Å². The molecule has 1 aromatic rings. The van der Waals surface area contributed by atoms with Gasteiger partial charge in [-0.2, -0.15) is 22.0 Å². The molecule has 1 spiro atoms. The number of allylic oxidation sites excluding steroid dienone is 2. The molecule has 7 unspecified atom stereocenters. The summed E-state index contributed by atoms with van der Waals surface area (Å²) in [5.74, 6) is -3.51. The number of halogens is 7. The molecule has 4 aliphatic carbocycles. The Balaban J connectivity index is 1.42. The van der Waals surface area contributed by atoms with Gasteiger partial charge in [0.15, 0.2) is 0 Å². The topological polar surface area (TPSA) is 0 Å². The van der Waals surface area contributed by atoms with Gasteiger partial charge in [0.2, 0.25) is 5.00 Å². The summed E-state index contributed by atoms with van der Waals surface area (Å²) in [6.45, 7) is 11.9. The fourth-order valence-corrected chi connectivity index (χ4v) is 11.1. The van der Waals surface area contributed by atoms with Crippen LogP contribution in [0.2, 0.25) is 0 Å². The lowest BCUT2D eigenvalue weighted by atomic mass is 9.48. The molecule has 7 atom stereocenters. The second kappa shape index (κ2) is 13.1. The van der Waals surface area contributed by atoms with E-state index in [1.165, 1.54) is 69.8 Å². The Labute approximate surface area is 288 Å². The van der Waals surface area contributed by atoms with Gasteiger partial charge >= 0.3 is 12.1 Å². The highest BCUT2D eigenvalue weighted by molar-refractivity contribution is 7.99. The van der Waals surface area contributed by atoms with E-state index in [0.29, 0.717) is 41.1 Å². The Kier molecular flexibility index (Phi) is 10.4. The Morgan fingerprint density at radius 1 is 0.812 bits per heavy atom. The maximum Gasteiger partial charge on any atom is 0.428 e. The molecule has 272 valence electrons. The summed E-state index contributed by atoms with van der Waals surface area (Å²) in [5.41, 5.74) is 1.16. The minimum atomic E-state index is -5.91. The number of thioether (sulfide) groups is 1. The van der Waals surface area contributed by atoms with E-state index in [2.05, 4.69) is 34.6 Å². The number of hydrogen-bond acceptors (Lipinski definition) is 1. The third-order valence-corrected chi connectivity index (χ3v) is 15.0. The second-order valence-corrected chi connectivity index (χ2v) is 18.8. The lowest BCUT2D eigenvalue weighted by Gasteiger charge is -2.57. The lowest BCUT2D eigenvalue weighted by molar-refractivity contribution is -0.311. The van der Waals surface area contributed by atoms with Gasteiger partial charge in [0.1, 0.15) is 0 Å². The van der Waals surface area contributed by atoms with E-state index in [0.717, 1.165) is 19.3 Å². The van der Waals surface area contributed by atoms with E-state index in [1.54, 1.807) is 23.3 Å². The Morgan fingerprint density at radius 3 is 2.00 bits per heavy atom. The molecule has 0 amide bonds. The summed E-state index contributed by atoms with van der Waals surface area (Å²) in [7, 11) is 0. The van der Waals surface area contributed by atoms with Crippen LogP contribution in [0.4, 0.5) is 30.7 Å². The first-order chi connectivity index (χ1) is 22.1. The first-order valence-electron chi connectivity index (χ1n) is 18.4. The van der Waals surface area contributed by atoms with Gasteiger partial charge in [-0.15, -0.1) is 11.8 Å². The van der Waals surface area contributed by atoms with Crippen molar-refractivity contribution in [2.24, 2.45) is 34.0 Å². The summed E-state index contributed by atoms with van der Waals surface area (Å²) in [6, 6.07) is 7.61. The quantitative estimate of drug-likeness (QED) is 0.182. The fourth-order valence-electron chi connectivity index (χ4n) is 10.1. The van der Waals surface area contributed by atoms with Crippen molar-refractivity contribution < 1.29 is 30.7 Å². The van der Waals surface area contributed by atoms with Crippen molar-refractivity contribution in [2.75, 3.05) is 0 Å². The fraction of sp³-hybridized carbons (Fsp3) is 0.800. The van der Waals surface area contributed by atoms with Crippen LogP contribution in [0.3, 0.4) is 0 Å². The van der Waals surface area contributed by atoms with Crippen molar-refractivity contribution in [1.29, 1.82) is 0 Å². The third kappa shape index (κ3) is 6.76. The predicted molar refractivity (Wildman–Crippen MR) is 184 cm³/mol. The van der Waals surface area contributed by atoms with Crippen molar-refractivity contribution in [3.8, 4) is 0 Å². The first kappa shape index (κ1) is 38.1. The van der Waals surface area contributed by atoms with Crippen LogP contribution in [0.5, 0.6) is 0 Å². The molecule has 0 saturated heterocycles. The van der Waals surface area contributed by atoms with Gasteiger partial charge in [-0.3, -0.25) is 0 Å². The van der Waals surface area contributed by atoms with E-state index in [1.807, 2.05) is 12.1 Å². The van der Waals surface area contributed by atoms with Crippen LogP contribution in [0.1, 0.15) is 149 Å². The van der Waals surface area contributed by atoms with E-state index in [9.17, 15) is 26.3 Å². The monoisotopic (exact) mass is 702 g/mol. The molecule has 0 aliphatic heterocycles. The maximum absolute atomic E-state index is 15.2. The predicted octanol–water partition coefficient (Wildman–Crippen LogP) is 13.9. The number of rotatable bonds is 9. The van der Waals surface area contributed by atoms with E-state index in [4.69, 9.17) is 0 Å². The Morgan fingerprint density at radius 2 is 1.44 bits per heavy atom. The van der Waals surface area contributed by atoms with E-state index in [-0.39, 0.29) is 35.8 Å². The van der Waals surface area contributed by atoms with Crippen molar-refractivity contribution in [1.82, 2.24) is 0 Å². The van der Waals surface area contributed by atoms with E-state index >= 15 is 4.39 Å². The normalized spacial score (nSPS) is 33.0. The summed E-state index contributed by atoms with van der Waals surface area (Å²) in [4.78, 5) is 0. The summed E-state index contributed by atoms with van der Waals surface area (Å²) < 4.78 is 98.0. The zero-order chi connectivity index (χ0) is 35.6. The molecule has 3 saturated carbocycles. The van der Waals surface area contributed by atoms with Crippen molar-refractivity contribution >= 4 is 11.8 Å². The number of alkyl halides is 7. The average molecular weight is 703 g/mol. The van der Waals surface area contributed by atoms with Crippen LogP contribution < -0.4 is 0 Å². The van der Waals surface area contributed by atoms with Crippen LogP contribution in [-0.2, 0) is 5.75 Å². The van der Waals surface area contributed by atoms with Gasteiger partial charge in [0, 0.05) is 11.7 Å². The third-order valence-electron chi connectivity index (χ3n) is 13.8. The van der Waals surface area contributed by atoms with Gasteiger partial charge in [-0.25, -0.2) is 8.78 Å². The van der Waals surface area contributed by atoms with Crippen molar-refractivity contribution in [3.63, 3.8) is 0 Å². The van der Waals surface area contributed by atoms with Gasteiger partial charge in [-0.05, 0) is 130 Å². The second-order valence-electron chi connectivity index (χ2n) is 17.4. The van der Waals surface area contributed by atoms with Crippen LogP contribution in [0.15, 0.2) is 35.4 Å². The molecule has 0 N–H and O–H groups in total. The van der Waals surface area contributed by atoms with Crippen LogP contribution >= 0.6 is 11.8 Å². The average Bonchev–Trinajstić information content (AvgIpc) is 3.02. The maximum atomic E-state index is 15.2. The number of fused-ring (bicyclic) bond motifs is 2. The standard InChI is InChI=1S/C40H57F7S/c1-8-10-32-30-16-15-28-23-38(21-19-34(3,4)20-22-38)18-17-29(28)33(30)31(24-35(32,5)9-2)27-13-11-26(12-14-27)25-48-37(7,42)39(43,44)36(6,41)40(45,46)47/h11-14,28,30-32H,8-10,15-25H2,1-7H3. The minimum absolute atomic E-state index is 0.00977. The molecule has 0 nitrogen and oxygen atoms in total. The van der Waals surface area contributed by atoms with Crippen LogP contribution in [0, 0.1) is 34.0 Å². The zero-order valence-electron chi connectivity index (χ0n) is 30.1. The van der Waals surface area contributed by atoms with Crippen LogP contribution in [0.25, 0.3) is 0 Å². The molecule has 4 aliphatic rings. The summed E-state index contributed by atoms with van der Waals surface area (Å²) in [6.07, 6.45) is 10.2. The highest BCUT2D eigenvalue weighted by Crippen LogP contribution is 2.64. The van der Waals surface area contributed by atoms with Gasteiger partial charge in [0.05, 0.1) is 0 Å². The molecule has 48 heavy (non-hydrogen) atoms.